The molecular formula is C21H15ClN2O2S2. The highest BCUT2D eigenvalue weighted by Crippen LogP contribution is 2.30. The summed E-state index contributed by atoms with van der Waals surface area (Å²) in [5.41, 5.74) is 3.30. The van der Waals surface area contributed by atoms with E-state index in [1.54, 1.807) is 41.7 Å². The molecule has 0 fully saturated rings. The summed E-state index contributed by atoms with van der Waals surface area (Å²) in [4.78, 5) is 4.73. The van der Waals surface area contributed by atoms with Crippen molar-refractivity contribution in [3.05, 3.63) is 89.3 Å². The zero-order chi connectivity index (χ0) is 19.6. The molecule has 140 valence electrons. The molecule has 0 aliphatic rings. The van der Waals surface area contributed by atoms with Crippen molar-refractivity contribution in [1.29, 1.82) is 0 Å². The summed E-state index contributed by atoms with van der Waals surface area (Å²) in [6.45, 7) is 0. The second-order valence-electron chi connectivity index (χ2n) is 6.02. The summed E-state index contributed by atoms with van der Waals surface area (Å²) < 4.78 is 27.6. The van der Waals surface area contributed by atoms with E-state index in [0.29, 0.717) is 5.69 Å². The number of sulfonamides is 1. The van der Waals surface area contributed by atoms with Crippen molar-refractivity contribution in [3.8, 4) is 21.8 Å². The highest BCUT2D eigenvalue weighted by molar-refractivity contribution is 7.92. The minimum Gasteiger partial charge on any atom is -0.280 e. The van der Waals surface area contributed by atoms with Crippen LogP contribution in [0.2, 0.25) is 5.02 Å². The molecule has 0 unspecified atom stereocenters. The molecule has 7 heteroatoms. The van der Waals surface area contributed by atoms with Gasteiger partial charge >= 0.3 is 0 Å². The molecule has 4 aromatic rings. The number of nitrogens with one attached hydrogen (secondary N) is 1. The Morgan fingerprint density at radius 1 is 0.821 bits per heavy atom. The molecule has 0 saturated carbocycles. The number of nitrogens with zero attached hydrogens (tertiary/aromatic N) is 1. The van der Waals surface area contributed by atoms with Gasteiger partial charge in [0, 0.05) is 22.2 Å². The average Bonchev–Trinajstić information content (AvgIpc) is 3.19. The van der Waals surface area contributed by atoms with Crippen LogP contribution >= 0.6 is 22.9 Å². The van der Waals surface area contributed by atoms with Gasteiger partial charge in [-0.3, -0.25) is 4.72 Å². The van der Waals surface area contributed by atoms with Crippen LogP contribution in [0.1, 0.15) is 0 Å². The van der Waals surface area contributed by atoms with Gasteiger partial charge in [0.25, 0.3) is 10.0 Å². The third-order valence-electron chi connectivity index (χ3n) is 4.08. The molecule has 0 radical (unpaired) electrons. The van der Waals surface area contributed by atoms with Crippen LogP contribution in [0.25, 0.3) is 21.8 Å². The van der Waals surface area contributed by atoms with Gasteiger partial charge in [-0.25, -0.2) is 13.4 Å². The standard InChI is InChI=1S/C21H15ClN2O2S2/c22-18-8-4-5-9-20(18)28(25,26)24-17-12-10-15(11-13-17)19-14-27-21(23-19)16-6-2-1-3-7-16/h1-14,24H. The second kappa shape index (κ2) is 7.75. The maximum Gasteiger partial charge on any atom is 0.263 e. The molecule has 0 bridgehead atoms. The molecular weight excluding hydrogens is 412 g/mol. The van der Waals surface area contributed by atoms with Crippen molar-refractivity contribution in [1.82, 2.24) is 4.98 Å². The minimum atomic E-state index is -3.75. The lowest BCUT2D eigenvalue weighted by molar-refractivity contribution is 0.601. The number of hydrogen-bond acceptors (Lipinski definition) is 4. The largest absolute Gasteiger partial charge is 0.280 e. The number of halogens is 1. The Morgan fingerprint density at radius 2 is 1.50 bits per heavy atom. The van der Waals surface area contributed by atoms with E-state index in [2.05, 4.69) is 9.71 Å². The Kier molecular flexibility index (Phi) is 5.17. The highest BCUT2D eigenvalue weighted by Gasteiger charge is 2.17. The van der Waals surface area contributed by atoms with Gasteiger partial charge in [0.15, 0.2) is 0 Å². The van der Waals surface area contributed by atoms with Gasteiger partial charge in [-0.05, 0) is 24.3 Å². The molecule has 28 heavy (non-hydrogen) atoms. The number of thiazole rings is 1. The summed E-state index contributed by atoms with van der Waals surface area (Å²) in [5.74, 6) is 0. The van der Waals surface area contributed by atoms with Crippen molar-refractivity contribution in [2.45, 2.75) is 4.90 Å². The summed E-state index contributed by atoms with van der Waals surface area (Å²) in [7, 11) is -3.75. The number of hydrogen-bond donors (Lipinski definition) is 1. The SMILES string of the molecule is O=S(=O)(Nc1ccc(-c2csc(-c3ccccc3)n2)cc1)c1ccccc1Cl. The van der Waals surface area contributed by atoms with Crippen LogP contribution in [-0.2, 0) is 10.0 Å². The number of benzene rings is 3. The van der Waals surface area contributed by atoms with Gasteiger partial charge < -0.3 is 0 Å². The van der Waals surface area contributed by atoms with Gasteiger partial charge in [0.05, 0.1) is 10.7 Å². The lowest BCUT2D eigenvalue weighted by Crippen LogP contribution is -2.13. The van der Waals surface area contributed by atoms with Crippen molar-refractivity contribution >= 4 is 38.6 Å². The summed E-state index contributed by atoms with van der Waals surface area (Å²) in [5, 5.41) is 3.12. The van der Waals surface area contributed by atoms with E-state index in [4.69, 9.17) is 11.6 Å². The van der Waals surface area contributed by atoms with Crippen LogP contribution in [0.5, 0.6) is 0 Å². The molecule has 0 amide bonds. The topological polar surface area (TPSA) is 59.1 Å². The Morgan fingerprint density at radius 3 is 2.21 bits per heavy atom. The first kappa shape index (κ1) is 18.7. The Bertz CT molecular complexity index is 1200. The van der Waals surface area contributed by atoms with E-state index in [0.717, 1.165) is 21.8 Å². The van der Waals surface area contributed by atoms with E-state index in [1.807, 2.05) is 47.8 Å². The fraction of sp³-hybridized carbons (Fsp3) is 0. The molecule has 1 N–H and O–H groups in total. The number of rotatable bonds is 5. The Hall–Kier alpha value is -2.67. The molecule has 4 rings (SSSR count). The molecule has 0 aliphatic heterocycles. The summed E-state index contributed by atoms with van der Waals surface area (Å²) in [6, 6.07) is 23.4. The molecule has 1 heterocycles. The third kappa shape index (κ3) is 3.94. The fourth-order valence-electron chi connectivity index (χ4n) is 2.70. The zero-order valence-electron chi connectivity index (χ0n) is 14.5. The first-order valence-corrected chi connectivity index (χ1v) is 11.2. The van der Waals surface area contributed by atoms with Crippen LogP contribution in [-0.4, -0.2) is 13.4 Å². The number of aromatic nitrogens is 1. The molecule has 0 spiro atoms. The zero-order valence-corrected chi connectivity index (χ0v) is 16.9. The number of anilines is 1. The molecule has 1 aromatic heterocycles. The van der Waals surface area contributed by atoms with Gasteiger partial charge in [0.1, 0.15) is 9.90 Å². The Balaban J connectivity index is 1.55. The van der Waals surface area contributed by atoms with Crippen molar-refractivity contribution in [2.24, 2.45) is 0 Å². The molecule has 3 aromatic carbocycles. The van der Waals surface area contributed by atoms with E-state index < -0.39 is 10.0 Å². The molecule has 0 atom stereocenters. The van der Waals surface area contributed by atoms with Gasteiger partial charge in [-0.1, -0.05) is 66.2 Å². The van der Waals surface area contributed by atoms with E-state index >= 15 is 0 Å². The van der Waals surface area contributed by atoms with Gasteiger partial charge in [-0.2, -0.15) is 0 Å². The van der Waals surface area contributed by atoms with Gasteiger partial charge in [-0.15, -0.1) is 11.3 Å². The predicted octanol–water partition coefficient (Wildman–Crippen LogP) is 5.93. The van der Waals surface area contributed by atoms with Crippen molar-refractivity contribution < 1.29 is 8.42 Å². The summed E-state index contributed by atoms with van der Waals surface area (Å²) in [6.07, 6.45) is 0. The summed E-state index contributed by atoms with van der Waals surface area (Å²) >= 11 is 7.58. The van der Waals surface area contributed by atoms with Crippen LogP contribution < -0.4 is 4.72 Å². The maximum atomic E-state index is 12.5. The lowest BCUT2D eigenvalue weighted by atomic mass is 10.1. The quantitative estimate of drug-likeness (QED) is 0.430. The first-order chi connectivity index (χ1) is 13.5. The minimum absolute atomic E-state index is 0.0488. The highest BCUT2D eigenvalue weighted by atomic mass is 35.5. The molecule has 0 aliphatic carbocycles. The van der Waals surface area contributed by atoms with Crippen molar-refractivity contribution in [3.63, 3.8) is 0 Å². The smallest absolute Gasteiger partial charge is 0.263 e. The van der Waals surface area contributed by atoms with E-state index in [9.17, 15) is 8.42 Å². The maximum absolute atomic E-state index is 12.5. The molecule has 4 nitrogen and oxygen atoms in total. The predicted molar refractivity (Wildman–Crippen MR) is 115 cm³/mol. The first-order valence-electron chi connectivity index (χ1n) is 8.42. The van der Waals surface area contributed by atoms with E-state index in [-0.39, 0.29) is 9.92 Å². The van der Waals surface area contributed by atoms with Crippen LogP contribution in [0.15, 0.2) is 89.1 Å². The average molecular weight is 427 g/mol. The Labute approximate surface area is 172 Å². The van der Waals surface area contributed by atoms with Gasteiger partial charge in [0.2, 0.25) is 0 Å². The normalized spacial score (nSPS) is 11.3. The van der Waals surface area contributed by atoms with E-state index in [1.165, 1.54) is 6.07 Å². The lowest BCUT2D eigenvalue weighted by Gasteiger charge is -2.09. The van der Waals surface area contributed by atoms with Crippen LogP contribution in [0.4, 0.5) is 5.69 Å². The fourth-order valence-corrected chi connectivity index (χ4v) is 5.12. The van der Waals surface area contributed by atoms with Crippen LogP contribution in [0, 0.1) is 0 Å². The monoisotopic (exact) mass is 426 g/mol. The second-order valence-corrected chi connectivity index (χ2v) is 8.93. The van der Waals surface area contributed by atoms with Crippen molar-refractivity contribution in [2.75, 3.05) is 4.72 Å². The van der Waals surface area contributed by atoms with Crippen LogP contribution in [0.3, 0.4) is 0 Å². The molecule has 0 saturated heterocycles. The third-order valence-corrected chi connectivity index (χ3v) is 6.86.